The maximum atomic E-state index is 12.3. The number of benzene rings is 1. The number of aryl methyl sites for hydroxylation is 1. The summed E-state index contributed by atoms with van der Waals surface area (Å²) in [7, 11) is 5.24. The average Bonchev–Trinajstić information content (AvgIpc) is 2.98. The van der Waals surface area contributed by atoms with E-state index >= 15 is 0 Å². The van der Waals surface area contributed by atoms with E-state index in [0.29, 0.717) is 30.4 Å². The zero-order valence-electron chi connectivity index (χ0n) is 14.4. The molecule has 8 heteroatoms. The third kappa shape index (κ3) is 4.64. The molecular formula is C16H22N4O3S. The van der Waals surface area contributed by atoms with Crippen LogP contribution in [0.15, 0.2) is 29.7 Å². The molecule has 0 aliphatic rings. The summed E-state index contributed by atoms with van der Waals surface area (Å²) in [6.07, 6.45) is 1.61. The van der Waals surface area contributed by atoms with E-state index in [1.165, 1.54) is 11.8 Å². The average molecular weight is 350 g/mol. The molecule has 0 saturated carbocycles. The van der Waals surface area contributed by atoms with Gasteiger partial charge in [-0.1, -0.05) is 17.8 Å². The minimum atomic E-state index is 0.0248. The van der Waals surface area contributed by atoms with Crippen molar-refractivity contribution in [1.29, 1.82) is 0 Å². The number of hydrogen-bond donors (Lipinski definition) is 0. The Labute approximate surface area is 146 Å². The highest BCUT2D eigenvalue weighted by molar-refractivity contribution is 7.99. The van der Waals surface area contributed by atoms with E-state index in [0.717, 1.165) is 10.7 Å². The molecule has 2 aromatic rings. The fourth-order valence-corrected chi connectivity index (χ4v) is 2.92. The number of hydrogen-bond acceptors (Lipinski definition) is 6. The van der Waals surface area contributed by atoms with Crippen LogP contribution >= 0.6 is 11.8 Å². The first-order valence-corrected chi connectivity index (χ1v) is 8.54. The summed E-state index contributed by atoms with van der Waals surface area (Å²) in [5.41, 5.74) is 0.985. The molecule has 0 unspecified atom stereocenters. The topological polar surface area (TPSA) is 69.5 Å². The quantitative estimate of drug-likeness (QED) is 0.678. The standard InChI is InChI=1S/C16H22N4O3S/c1-5-23-14-8-12(6-7-13(14)22-4)9-19(2)15(21)10-24-16-18-17-11-20(16)3/h6-8,11H,5,9-10H2,1-4H3. The first-order valence-electron chi connectivity index (χ1n) is 7.55. The summed E-state index contributed by atoms with van der Waals surface area (Å²) < 4.78 is 12.6. The van der Waals surface area contributed by atoms with Gasteiger partial charge in [-0.25, -0.2) is 0 Å². The number of carbonyl (C=O) groups excluding carboxylic acids is 1. The van der Waals surface area contributed by atoms with E-state index in [4.69, 9.17) is 9.47 Å². The van der Waals surface area contributed by atoms with Crippen molar-refractivity contribution in [2.24, 2.45) is 7.05 Å². The van der Waals surface area contributed by atoms with Crippen LogP contribution in [0.5, 0.6) is 11.5 Å². The molecule has 24 heavy (non-hydrogen) atoms. The molecule has 0 saturated heterocycles. The van der Waals surface area contributed by atoms with Crippen molar-refractivity contribution in [2.45, 2.75) is 18.6 Å². The molecule has 0 aliphatic heterocycles. The Morgan fingerprint density at radius 2 is 2.17 bits per heavy atom. The lowest BCUT2D eigenvalue weighted by atomic mass is 10.2. The van der Waals surface area contributed by atoms with Crippen molar-refractivity contribution in [3.8, 4) is 11.5 Å². The third-order valence-corrected chi connectivity index (χ3v) is 4.39. The number of ether oxygens (including phenoxy) is 2. The molecule has 0 atom stereocenters. The van der Waals surface area contributed by atoms with E-state index in [-0.39, 0.29) is 5.91 Å². The van der Waals surface area contributed by atoms with Gasteiger partial charge in [0, 0.05) is 20.6 Å². The van der Waals surface area contributed by atoms with Crippen LogP contribution in [0.2, 0.25) is 0 Å². The lowest BCUT2D eigenvalue weighted by Gasteiger charge is -2.18. The van der Waals surface area contributed by atoms with Gasteiger partial charge in [-0.15, -0.1) is 10.2 Å². The van der Waals surface area contributed by atoms with E-state index in [1.54, 1.807) is 30.0 Å². The summed E-state index contributed by atoms with van der Waals surface area (Å²) in [6, 6.07) is 5.69. The second kappa shape index (κ2) is 8.58. The van der Waals surface area contributed by atoms with Gasteiger partial charge in [-0.3, -0.25) is 4.79 Å². The van der Waals surface area contributed by atoms with Gasteiger partial charge < -0.3 is 18.9 Å². The summed E-state index contributed by atoms with van der Waals surface area (Å²) >= 11 is 1.37. The van der Waals surface area contributed by atoms with Crippen LogP contribution in [-0.2, 0) is 18.4 Å². The molecule has 0 radical (unpaired) electrons. The number of carbonyl (C=O) groups is 1. The van der Waals surface area contributed by atoms with Gasteiger partial charge in [0.2, 0.25) is 5.91 Å². The van der Waals surface area contributed by atoms with Crippen LogP contribution < -0.4 is 9.47 Å². The van der Waals surface area contributed by atoms with Gasteiger partial charge in [0.1, 0.15) is 6.33 Å². The van der Waals surface area contributed by atoms with E-state index in [1.807, 2.05) is 32.2 Å². The maximum Gasteiger partial charge on any atom is 0.233 e. The van der Waals surface area contributed by atoms with Crippen molar-refractivity contribution in [3.63, 3.8) is 0 Å². The van der Waals surface area contributed by atoms with Gasteiger partial charge in [0.05, 0.1) is 19.5 Å². The number of thioether (sulfide) groups is 1. The second-order valence-electron chi connectivity index (χ2n) is 5.18. The predicted octanol–water partition coefficient (Wildman–Crippen LogP) is 1.97. The fraction of sp³-hybridized carbons (Fsp3) is 0.438. The maximum absolute atomic E-state index is 12.3. The van der Waals surface area contributed by atoms with Crippen molar-refractivity contribution < 1.29 is 14.3 Å². The van der Waals surface area contributed by atoms with E-state index in [9.17, 15) is 4.79 Å². The molecule has 7 nitrogen and oxygen atoms in total. The summed E-state index contributed by atoms with van der Waals surface area (Å²) in [4.78, 5) is 14.0. The number of amides is 1. The minimum Gasteiger partial charge on any atom is -0.493 e. The van der Waals surface area contributed by atoms with Crippen molar-refractivity contribution in [1.82, 2.24) is 19.7 Å². The smallest absolute Gasteiger partial charge is 0.233 e. The van der Waals surface area contributed by atoms with Gasteiger partial charge in [0.25, 0.3) is 0 Å². The van der Waals surface area contributed by atoms with Crippen molar-refractivity contribution in [2.75, 3.05) is 26.5 Å². The summed E-state index contributed by atoms with van der Waals surface area (Å²) in [5.74, 6) is 1.72. The van der Waals surface area contributed by atoms with Crippen LogP contribution in [0.4, 0.5) is 0 Å². The molecule has 1 aromatic carbocycles. The van der Waals surface area contributed by atoms with Crippen LogP contribution in [0.25, 0.3) is 0 Å². The summed E-state index contributed by atoms with van der Waals surface area (Å²) in [6.45, 7) is 2.98. The second-order valence-corrected chi connectivity index (χ2v) is 6.12. The minimum absolute atomic E-state index is 0.0248. The Balaban J connectivity index is 1.95. The zero-order chi connectivity index (χ0) is 17.5. The fourth-order valence-electron chi connectivity index (χ4n) is 2.09. The number of nitrogens with zero attached hydrogens (tertiary/aromatic N) is 4. The third-order valence-electron chi connectivity index (χ3n) is 3.37. The lowest BCUT2D eigenvalue weighted by molar-refractivity contribution is -0.127. The van der Waals surface area contributed by atoms with Crippen LogP contribution in [0.1, 0.15) is 12.5 Å². The molecule has 1 heterocycles. The highest BCUT2D eigenvalue weighted by Crippen LogP contribution is 2.28. The molecule has 0 aliphatic carbocycles. The number of methoxy groups -OCH3 is 1. The Bertz CT molecular complexity index is 690. The monoisotopic (exact) mass is 350 g/mol. The van der Waals surface area contributed by atoms with E-state index in [2.05, 4.69) is 10.2 Å². The van der Waals surface area contributed by atoms with E-state index < -0.39 is 0 Å². The molecule has 1 amide bonds. The molecule has 0 fully saturated rings. The number of aromatic nitrogens is 3. The molecule has 1 aromatic heterocycles. The Kier molecular flexibility index (Phi) is 6.48. The van der Waals surface area contributed by atoms with Crippen LogP contribution in [0.3, 0.4) is 0 Å². The van der Waals surface area contributed by atoms with Crippen molar-refractivity contribution >= 4 is 17.7 Å². The molecule has 0 spiro atoms. The normalized spacial score (nSPS) is 10.5. The zero-order valence-corrected chi connectivity index (χ0v) is 15.2. The highest BCUT2D eigenvalue weighted by atomic mass is 32.2. The van der Waals surface area contributed by atoms with Crippen molar-refractivity contribution in [3.05, 3.63) is 30.1 Å². The van der Waals surface area contributed by atoms with Gasteiger partial charge in [0.15, 0.2) is 16.7 Å². The Morgan fingerprint density at radius 3 is 2.79 bits per heavy atom. The highest BCUT2D eigenvalue weighted by Gasteiger charge is 2.13. The molecule has 2 rings (SSSR count). The lowest BCUT2D eigenvalue weighted by Crippen LogP contribution is -2.27. The first kappa shape index (κ1) is 18.1. The molecule has 0 bridgehead atoms. The Morgan fingerprint density at radius 1 is 1.38 bits per heavy atom. The van der Waals surface area contributed by atoms with Gasteiger partial charge in [-0.05, 0) is 24.6 Å². The van der Waals surface area contributed by atoms with Gasteiger partial charge >= 0.3 is 0 Å². The van der Waals surface area contributed by atoms with Crippen LogP contribution in [-0.4, -0.2) is 52.1 Å². The largest absolute Gasteiger partial charge is 0.493 e. The first-order chi connectivity index (χ1) is 11.5. The summed E-state index contributed by atoms with van der Waals surface area (Å²) in [5, 5.41) is 8.48. The SMILES string of the molecule is CCOc1cc(CN(C)C(=O)CSc2nncn2C)ccc1OC. The molecule has 0 N–H and O–H groups in total. The predicted molar refractivity (Wildman–Crippen MR) is 92.4 cm³/mol. The van der Waals surface area contributed by atoms with Gasteiger partial charge in [-0.2, -0.15) is 0 Å². The van der Waals surface area contributed by atoms with Crippen LogP contribution in [0, 0.1) is 0 Å². The molecule has 130 valence electrons. The molecular weight excluding hydrogens is 328 g/mol. The number of rotatable bonds is 8. The Hall–Kier alpha value is -2.22.